The number of halogens is 1. The number of para-hydroxylation sites is 1. The van der Waals surface area contributed by atoms with Crippen molar-refractivity contribution in [1.29, 1.82) is 0 Å². The standard InChI is InChI=1S/C14H11BrN4O/c1-8-4-3-7-17-12(8)13-18-14(20-19-13)9-5-2-6-10(15)11(9)16/h2-7H,16H2,1H3. The highest BCUT2D eigenvalue weighted by Crippen LogP contribution is 2.31. The third kappa shape index (κ3) is 2.18. The topological polar surface area (TPSA) is 77.8 Å². The Morgan fingerprint density at radius 3 is 2.85 bits per heavy atom. The maximum Gasteiger partial charge on any atom is 0.260 e. The lowest BCUT2D eigenvalue weighted by molar-refractivity contribution is 0.432. The van der Waals surface area contributed by atoms with Gasteiger partial charge in [0.2, 0.25) is 5.82 Å². The summed E-state index contributed by atoms with van der Waals surface area (Å²) in [6, 6.07) is 9.38. The second kappa shape index (κ2) is 5.05. The third-order valence-electron chi connectivity index (χ3n) is 2.93. The highest BCUT2D eigenvalue weighted by molar-refractivity contribution is 9.10. The van der Waals surface area contributed by atoms with E-state index in [0.29, 0.717) is 28.7 Å². The average molecular weight is 331 g/mol. The van der Waals surface area contributed by atoms with Gasteiger partial charge in [-0.1, -0.05) is 17.3 Å². The smallest absolute Gasteiger partial charge is 0.260 e. The lowest BCUT2D eigenvalue weighted by Crippen LogP contribution is -1.92. The summed E-state index contributed by atoms with van der Waals surface area (Å²) in [6.07, 6.45) is 1.70. The molecule has 0 aliphatic carbocycles. The average Bonchev–Trinajstić information content (AvgIpc) is 2.92. The van der Waals surface area contributed by atoms with E-state index in [1.807, 2.05) is 37.3 Å². The molecule has 0 spiro atoms. The second-order valence-electron chi connectivity index (χ2n) is 4.29. The summed E-state index contributed by atoms with van der Waals surface area (Å²) >= 11 is 3.38. The maximum atomic E-state index is 6.00. The van der Waals surface area contributed by atoms with Gasteiger partial charge in [-0.2, -0.15) is 4.98 Å². The first-order chi connectivity index (χ1) is 9.66. The predicted molar refractivity (Wildman–Crippen MR) is 79.8 cm³/mol. The van der Waals surface area contributed by atoms with Crippen LogP contribution in [0.1, 0.15) is 5.56 Å². The van der Waals surface area contributed by atoms with Crippen molar-refractivity contribution in [2.75, 3.05) is 5.73 Å². The first kappa shape index (κ1) is 12.8. The normalized spacial score (nSPS) is 10.7. The van der Waals surface area contributed by atoms with Crippen LogP contribution in [0.2, 0.25) is 0 Å². The molecule has 20 heavy (non-hydrogen) atoms. The van der Waals surface area contributed by atoms with Gasteiger partial charge in [0.25, 0.3) is 5.89 Å². The van der Waals surface area contributed by atoms with Crippen molar-refractivity contribution in [2.45, 2.75) is 6.92 Å². The molecule has 0 aliphatic rings. The molecule has 0 saturated carbocycles. The van der Waals surface area contributed by atoms with E-state index in [0.717, 1.165) is 10.0 Å². The Morgan fingerprint density at radius 2 is 2.05 bits per heavy atom. The number of nitrogens with two attached hydrogens (primary N) is 1. The van der Waals surface area contributed by atoms with Crippen LogP contribution in [0.25, 0.3) is 23.0 Å². The molecule has 0 saturated heterocycles. The number of benzene rings is 1. The number of rotatable bonds is 2. The molecule has 2 aromatic heterocycles. The van der Waals surface area contributed by atoms with E-state index < -0.39 is 0 Å². The number of aryl methyl sites for hydroxylation is 1. The zero-order valence-electron chi connectivity index (χ0n) is 10.7. The van der Waals surface area contributed by atoms with Crippen molar-refractivity contribution in [1.82, 2.24) is 15.1 Å². The van der Waals surface area contributed by atoms with Crippen LogP contribution >= 0.6 is 15.9 Å². The van der Waals surface area contributed by atoms with Crippen LogP contribution in [0.5, 0.6) is 0 Å². The second-order valence-corrected chi connectivity index (χ2v) is 5.15. The number of hydrogen-bond acceptors (Lipinski definition) is 5. The fraction of sp³-hybridized carbons (Fsp3) is 0.0714. The minimum Gasteiger partial charge on any atom is -0.397 e. The molecular formula is C14H11BrN4O. The quantitative estimate of drug-likeness (QED) is 0.728. The Labute approximate surface area is 124 Å². The van der Waals surface area contributed by atoms with Crippen LogP contribution in [-0.2, 0) is 0 Å². The van der Waals surface area contributed by atoms with Crippen molar-refractivity contribution < 1.29 is 4.52 Å². The molecule has 0 amide bonds. The van der Waals surface area contributed by atoms with Crippen LogP contribution in [-0.4, -0.2) is 15.1 Å². The molecular weight excluding hydrogens is 320 g/mol. The molecule has 6 heteroatoms. The number of nitrogen functional groups attached to an aromatic ring is 1. The molecule has 0 fully saturated rings. The van der Waals surface area contributed by atoms with E-state index in [9.17, 15) is 0 Å². The molecule has 0 atom stereocenters. The summed E-state index contributed by atoms with van der Waals surface area (Å²) in [5.74, 6) is 0.835. The first-order valence-corrected chi connectivity index (χ1v) is 6.76. The fourth-order valence-corrected chi connectivity index (χ4v) is 2.24. The van der Waals surface area contributed by atoms with Crippen molar-refractivity contribution >= 4 is 21.6 Å². The van der Waals surface area contributed by atoms with Crippen LogP contribution < -0.4 is 5.73 Å². The van der Waals surface area contributed by atoms with Gasteiger partial charge in [0.15, 0.2) is 0 Å². The fourth-order valence-electron chi connectivity index (χ4n) is 1.87. The monoisotopic (exact) mass is 330 g/mol. The zero-order chi connectivity index (χ0) is 14.1. The summed E-state index contributed by atoms with van der Waals surface area (Å²) in [4.78, 5) is 8.64. The SMILES string of the molecule is Cc1cccnc1-c1noc(-c2cccc(Br)c2N)n1. The molecule has 100 valence electrons. The summed E-state index contributed by atoms with van der Waals surface area (Å²) in [6.45, 7) is 1.95. The molecule has 3 aromatic rings. The van der Waals surface area contributed by atoms with Gasteiger partial charge in [-0.15, -0.1) is 0 Å². The Morgan fingerprint density at radius 1 is 1.20 bits per heavy atom. The summed E-state index contributed by atoms with van der Waals surface area (Å²) in [5.41, 5.74) is 8.97. The van der Waals surface area contributed by atoms with Crippen LogP contribution in [0, 0.1) is 6.92 Å². The van der Waals surface area contributed by atoms with E-state index in [-0.39, 0.29) is 0 Å². The van der Waals surface area contributed by atoms with Gasteiger partial charge in [-0.05, 0) is 46.6 Å². The molecule has 0 aliphatic heterocycles. The number of hydrogen-bond donors (Lipinski definition) is 1. The van der Waals surface area contributed by atoms with Crippen LogP contribution in [0.15, 0.2) is 45.5 Å². The molecule has 5 nitrogen and oxygen atoms in total. The van der Waals surface area contributed by atoms with Crippen LogP contribution in [0.3, 0.4) is 0 Å². The minimum atomic E-state index is 0.379. The van der Waals surface area contributed by atoms with Gasteiger partial charge in [0, 0.05) is 10.7 Å². The lowest BCUT2D eigenvalue weighted by Gasteiger charge is -2.01. The maximum absolute atomic E-state index is 6.00. The highest BCUT2D eigenvalue weighted by Gasteiger charge is 2.15. The Hall–Kier alpha value is -2.21. The third-order valence-corrected chi connectivity index (χ3v) is 3.62. The Balaban J connectivity index is 2.07. The predicted octanol–water partition coefficient (Wildman–Crippen LogP) is 3.45. The van der Waals surface area contributed by atoms with Crippen molar-refractivity contribution in [2.24, 2.45) is 0 Å². The van der Waals surface area contributed by atoms with E-state index >= 15 is 0 Å². The van der Waals surface area contributed by atoms with Gasteiger partial charge in [0.05, 0.1) is 11.3 Å². The molecule has 2 heterocycles. The Bertz CT molecular complexity index is 769. The molecule has 0 radical (unpaired) electrons. The highest BCUT2D eigenvalue weighted by atomic mass is 79.9. The number of anilines is 1. The molecule has 0 unspecified atom stereocenters. The van der Waals surface area contributed by atoms with E-state index in [4.69, 9.17) is 10.3 Å². The number of nitrogens with zero attached hydrogens (tertiary/aromatic N) is 3. The lowest BCUT2D eigenvalue weighted by atomic mass is 10.2. The molecule has 1 aromatic carbocycles. The van der Waals surface area contributed by atoms with E-state index in [2.05, 4.69) is 31.1 Å². The molecule has 2 N–H and O–H groups in total. The van der Waals surface area contributed by atoms with Gasteiger partial charge < -0.3 is 10.3 Å². The van der Waals surface area contributed by atoms with Gasteiger partial charge >= 0.3 is 0 Å². The van der Waals surface area contributed by atoms with Gasteiger partial charge in [-0.3, -0.25) is 4.98 Å². The van der Waals surface area contributed by atoms with E-state index in [1.54, 1.807) is 6.20 Å². The summed E-state index contributed by atoms with van der Waals surface area (Å²) in [7, 11) is 0. The first-order valence-electron chi connectivity index (χ1n) is 5.97. The van der Waals surface area contributed by atoms with Gasteiger partial charge in [-0.25, -0.2) is 0 Å². The number of aromatic nitrogens is 3. The summed E-state index contributed by atoms with van der Waals surface area (Å²) < 4.78 is 6.09. The van der Waals surface area contributed by atoms with Crippen molar-refractivity contribution in [3.8, 4) is 23.0 Å². The largest absolute Gasteiger partial charge is 0.397 e. The molecule has 3 rings (SSSR count). The minimum absolute atomic E-state index is 0.379. The van der Waals surface area contributed by atoms with Crippen LogP contribution in [0.4, 0.5) is 5.69 Å². The summed E-state index contributed by atoms with van der Waals surface area (Å²) in [5, 5.41) is 3.97. The molecule has 0 bridgehead atoms. The Kier molecular flexibility index (Phi) is 3.23. The van der Waals surface area contributed by atoms with Gasteiger partial charge in [0.1, 0.15) is 5.69 Å². The van der Waals surface area contributed by atoms with Crippen molar-refractivity contribution in [3.05, 3.63) is 46.6 Å². The van der Waals surface area contributed by atoms with Crippen molar-refractivity contribution in [3.63, 3.8) is 0 Å². The zero-order valence-corrected chi connectivity index (χ0v) is 12.3. The number of pyridine rings is 1. The van der Waals surface area contributed by atoms with E-state index in [1.165, 1.54) is 0 Å².